The van der Waals surface area contributed by atoms with Gasteiger partial charge in [-0.1, -0.05) is 6.92 Å². The van der Waals surface area contributed by atoms with Gasteiger partial charge < -0.3 is 21.1 Å². The van der Waals surface area contributed by atoms with Crippen LogP contribution in [0.3, 0.4) is 0 Å². The third-order valence-corrected chi connectivity index (χ3v) is 2.32. The van der Waals surface area contributed by atoms with E-state index in [9.17, 15) is 0 Å². The number of hydrogen-bond acceptors (Lipinski definition) is 6. The second kappa shape index (κ2) is 7.71. The fourth-order valence-electron chi connectivity index (χ4n) is 1.49. The molecule has 0 aromatic carbocycles. The van der Waals surface area contributed by atoms with Crippen molar-refractivity contribution >= 4 is 17.6 Å². The third-order valence-electron chi connectivity index (χ3n) is 2.32. The number of nitrogens with zero attached hydrogens (tertiary/aromatic N) is 2. The van der Waals surface area contributed by atoms with E-state index in [1.54, 1.807) is 0 Å². The lowest BCUT2D eigenvalue weighted by molar-refractivity contribution is 0.0855. The average molecular weight is 253 g/mol. The van der Waals surface area contributed by atoms with Gasteiger partial charge in [-0.15, -0.1) is 0 Å². The molecule has 0 radical (unpaired) electrons. The van der Waals surface area contributed by atoms with Crippen molar-refractivity contribution in [1.29, 1.82) is 0 Å². The molecule has 6 nitrogen and oxygen atoms in total. The quantitative estimate of drug-likeness (QED) is 0.654. The molecule has 0 amide bonds. The first-order chi connectivity index (χ1) is 8.65. The van der Waals surface area contributed by atoms with Crippen LogP contribution in [0.5, 0.6) is 0 Å². The van der Waals surface area contributed by atoms with Gasteiger partial charge in [0.25, 0.3) is 0 Å². The lowest BCUT2D eigenvalue weighted by atomic mass is 10.4. The molecule has 0 aliphatic heterocycles. The summed E-state index contributed by atoms with van der Waals surface area (Å²) in [5.74, 6) is 1.73. The van der Waals surface area contributed by atoms with Crippen LogP contribution >= 0.6 is 0 Å². The Morgan fingerprint density at radius 3 is 2.56 bits per heavy atom. The third kappa shape index (κ3) is 5.18. The molecule has 0 aliphatic carbocycles. The molecule has 1 unspecified atom stereocenters. The lowest BCUT2D eigenvalue weighted by Gasteiger charge is -2.14. The number of nitrogens with one attached hydrogen (secondary N) is 2. The van der Waals surface area contributed by atoms with Crippen LogP contribution in [-0.4, -0.2) is 35.8 Å². The van der Waals surface area contributed by atoms with Crippen molar-refractivity contribution in [2.24, 2.45) is 0 Å². The summed E-state index contributed by atoms with van der Waals surface area (Å²) in [6, 6.07) is 1.85. The zero-order chi connectivity index (χ0) is 13.4. The molecule has 0 spiro atoms. The van der Waals surface area contributed by atoms with E-state index < -0.39 is 0 Å². The molecule has 1 atom stereocenters. The van der Waals surface area contributed by atoms with Gasteiger partial charge in [-0.3, -0.25) is 0 Å². The molecule has 6 heteroatoms. The van der Waals surface area contributed by atoms with Crippen LogP contribution in [0.1, 0.15) is 27.2 Å². The average Bonchev–Trinajstić information content (AvgIpc) is 2.34. The number of hydrogen-bond donors (Lipinski definition) is 3. The van der Waals surface area contributed by atoms with Crippen molar-refractivity contribution in [1.82, 2.24) is 9.97 Å². The van der Waals surface area contributed by atoms with Crippen molar-refractivity contribution in [2.75, 3.05) is 36.1 Å². The van der Waals surface area contributed by atoms with E-state index in [1.807, 2.05) is 19.9 Å². The predicted molar refractivity (Wildman–Crippen MR) is 74.8 cm³/mol. The second-order valence-electron chi connectivity index (χ2n) is 4.07. The maximum absolute atomic E-state index is 5.66. The van der Waals surface area contributed by atoms with Crippen LogP contribution in [0.15, 0.2) is 6.07 Å². The molecule has 1 rings (SSSR count). The lowest BCUT2D eigenvalue weighted by Crippen LogP contribution is -2.20. The minimum Gasteiger partial charge on any atom is -0.377 e. The molecular weight excluding hydrogens is 230 g/mol. The Hall–Kier alpha value is -1.56. The number of anilines is 3. The maximum atomic E-state index is 5.66. The minimum atomic E-state index is 0.137. The Kier molecular flexibility index (Phi) is 6.21. The highest BCUT2D eigenvalue weighted by molar-refractivity contribution is 5.50. The summed E-state index contributed by atoms with van der Waals surface area (Å²) >= 11 is 0. The number of nitrogens with two attached hydrogens (primary N) is 1. The SMILES string of the molecule is CCCNc1cc(NCC(C)OCC)nc(N)n1. The van der Waals surface area contributed by atoms with E-state index in [2.05, 4.69) is 27.5 Å². The van der Waals surface area contributed by atoms with Gasteiger partial charge in [0.05, 0.1) is 6.10 Å². The van der Waals surface area contributed by atoms with Gasteiger partial charge in [0.15, 0.2) is 0 Å². The summed E-state index contributed by atoms with van der Waals surface area (Å²) in [4.78, 5) is 8.25. The normalized spacial score (nSPS) is 12.2. The summed E-state index contributed by atoms with van der Waals surface area (Å²) < 4.78 is 5.44. The molecule has 0 fully saturated rings. The Balaban J connectivity index is 2.56. The van der Waals surface area contributed by atoms with Crippen LogP contribution in [0.4, 0.5) is 17.6 Å². The van der Waals surface area contributed by atoms with Gasteiger partial charge in [0, 0.05) is 25.8 Å². The number of nitrogen functional groups attached to an aromatic ring is 1. The summed E-state index contributed by atoms with van der Waals surface area (Å²) in [6.07, 6.45) is 1.17. The Morgan fingerprint density at radius 2 is 1.94 bits per heavy atom. The van der Waals surface area contributed by atoms with Crippen molar-refractivity contribution in [2.45, 2.75) is 33.3 Å². The summed E-state index contributed by atoms with van der Waals surface area (Å²) in [7, 11) is 0. The highest BCUT2D eigenvalue weighted by Crippen LogP contribution is 2.12. The number of ether oxygens (including phenoxy) is 1. The van der Waals surface area contributed by atoms with Gasteiger partial charge in [-0.25, -0.2) is 0 Å². The van der Waals surface area contributed by atoms with Crippen molar-refractivity contribution in [3.05, 3.63) is 6.07 Å². The Bertz CT molecular complexity index is 358. The molecule has 102 valence electrons. The van der Waals surface area contributed by atoms with E-state index in [0.29, 0.717) is 19.0 Å². The van der Waals surface area contributed by atoms with E-state index in [-0.39, 0.29) is 12.1 Å². The van der Waals surface area contributed by atoms with E-state index in [1.165, 1.54) is 0 Å². The number of aromatic nitrogens is 2. The maximum Gasteiger partial charge on any atom is 0.223 e. The smallest absolute Gasteiger partial charge is 0.223 e. The minimum absolute atomic E-state index is 0.137. The van der Waals surface area contributed by atoms with Gasteiger partial charge in [0.1, 0.15) is 11.6 Å². The molecular formula is C12H23N5O. The summed E-state index contributed by atoms with van der Waals surface area (Å²) in [5, 5.41) is 6.38. The zero-order valence-corrected chi connectivity index (χ0v) is 11.4. The fraction of sp³-hybridized carbons (Fsp3) is 0.667. The second-order valence-corrected chi connectivity index (χ2v) is 4.07. The Labute approximate surface area is 108 Å². The molecule has 18 heavy (non-hydrogen) atoms. The van der Waals surface area contributed by atoms with Gasteiger partial charge in [0.2, 0.25) is 5.95 Å². The van der Waals surface area contributed by atoms with Crippen LogP contribution in [0.25, 0.3) is 0 Å². The largest absolute Gasteiger partial charge is 0.377 e. The standard InChI is InChI=1S/C12H23N5O/c1-4-6-14-10-7-11(17-12(13)16-10)15-8-9(3)18-5-2/h7,9H,4-6,8H2,1-3H3,(H4,13,14,15,16,17). The molecule has 1 aromatic heterocycles. The van der Waals surface area contributed by atoms with Crippen LogP contribution in [0.2, 0.25) is 0 Å². The fourth-order valence-corrected chi connectivity index (χ4v) is 1.49. The van der Waals surface area contributed by atoms with Gasteiger partial charge >= 0.3 is 0 Å². The first-order valence-electron chi connectivity index (χ1n) is 6.39. The molecule has 0 saturated heterocycles. The van der Waals surface area contributed by atoms with Crippen LogP contribution in [-0.2, 0) is 4.74 Å². The molecule has 0 saturated carbocycles. The monoisotopic (exact) mass is 253 g/mol. The Morgan fingerprint density at radius 1 is 1.28 bits per heavy atom. The van der Waals surface area contributed by atoms with Crippen LogP contribution < -0.4 is 16.4 Å². The summed E-state index contributed by atoms with van der Waals surface area (Å²) in [5.41, 5.74) is 5.66. The topological polar surface area (TPSA) is 85.1 Å². The summed E-state index contributed by atoms with van der Waals surface area (Å²) in [6.45, 7) is 8.35. The van der Waals surface area contributed by atoms with Gasteiger partial charge in [-0.05, 0) is 20.3 Å². The van der Waals surface area contributed by atoms with Gasteiger partial charge in [-0.2, -0.15) is 9.97 Å². The first kappa shape index (κ1) is 14.5. The van der Waals surface area contributed by atoms with Crippen LogP contribution in [0, 0.1) is 0 Å². The molecule has 1 aromatic rings. The highest BCUT2D eigenvalue weighted by atomic mass is 16.5. The highest BCUT2D eigenvalue weighted by Gasteiger charge is 2.04. The number of rotatable bonds is 8. The van der Waals surface area contributed by atoms with Crippen molar-refractivity contribution < 1.29 is 4.74 Å². The van der Waals surface area contributed by atoms with E-state index in [0.717, 1.165) is 18.8 Å². The molecule has 4 N–H and O–H groups in total. The van der Waals surface area contributed by atoms with E-state index in [4.69, 9.17) is 10.5 Å². The molecule has 0 aliphatic rings. The van der Waals surface area contributed by atoms with E-state index >= 15 is 0 Å². The molecule has 1 heterocycles. The molecule has 0 bridgehead atoms. The van der Waals surface area contributed by atoms with Crippen molar-refractivity contribution in [3.8, 4) is 0 Å². The zero-order valence-electron chi connectivity index (χ0n) is 11.4. The van der Waals surface area contributed by atoms with Crippen molar-refractivity contribution in [3.63, 3.8) is 0 Å². The first-order valence-corrected chi connectivity index (χ1v) is 6.39. The predicted octanol–water partition coefficient (Wildman–Crippen LogP) is 1.72.